The van der Waals surface area contributed by atoms with Gasteiger partial charge in [0.25, 0.3) is 5.91 Å². The molecule has 0 atom stereocenters. The van der Waals surface area contributed by atoms with Crippen LogP contribution in [0.5, 0.6) is 0 Å². The number of benzene rings is 1. The molecule has 0 saturated carbocycles. The van der Waals surface area contributed by atoms with Crippen molar-refractivity contribution in [1.82, 2.24) is 4.31 Å². The lowest BCUT2D eigenvalue weighted by molar-refractivity contribution is 0.103. The lowest BCUT2D eigenvalue weighted by Gasteiger charge is -2.14. The zero-order valence-corrected chi connectivity index (χ0v) is 17.2. The van der Waals surface area contributed by atoms with Crippen molar-refractivity contribution < 1.29 is 13.2 Å². The molecule has 1 aromatic carbocycles. The predicted molar refractivity (Wildman–Crippen MR) is 106 cm³/mol. The zero-order valence-electron chi connectivity index (χ0n) is 15.5. The van der Waals surface area contributed by atoms with Gasteiger partial charge in [0.15, 0.2) is 0 Å². The SMILES string of the molecule is Cc1cc(C)c(NC(=O)c2cc(S(=O)(=O)N3CCCC3)c(C)s2)c(C)c1. The van der Waals surface area contributed by atoms with Gasteiger partial charge in [0.05, 0.1) is 9.77 Å². The van der Waals surface area contributed by atoms with Gasteiger partial charge in [0.2, 0.25) is 10.0 Å². The Morgan fingerprint density at radius 1 is 1.04 bits per heavy atom. The fourth-order valence-corrected chi connectivity index (χ4v) is 6.43. The van der Waals surface area contributed by atoms with Gasteiger partial charge in [-0.1, -0.05) is 17.7 Å². The summed E-state index contributed by atoms with van der Waals surface area (Å²) in [6.45, 7) is 8.80. The van der Waals surface area contributed by atoms with E-state index < -0.39 is 10.0 Å². The Morgan fingerprint density at radius 2 is 1.62 bits per heavy atom. The van der Waals surface area contributed by atoms with Crippen LogP contribution in [0.2, 0.25) is 0 Å². The molecule has 26 heavy (non-hydrogen) atoms. The van der Waals surface area contributed by atoms with Crippen LogP contribution < -0.4 is 5.32 Å². The normalized spacial score (nSPS) is 15.4. The molecule has 5 nitrogen and oxygen atoms in total. The number of nitrogens with zero attached hydrogens (tertiary/aromatic N) is 1. The maximum Gasteiger partial charge on any atom is 0.265 e. The van der Waals surface area contributed by atoms with Gasteiger partial charge in [-0.2, -0.15) is 4.31 Å². The molecule has 1 saturated heterocycles. The third-order valence-corrected chi connectivity index (χ3v) is 7.90. The van der Waals surface area contributed by atoms with Gasteiger partial charge in [0, 0.05) is 23.7 Å². The van der Waals surface area contributed by atoms with Gasteiger partial charge in [-0.3, -0.25) is 4.79 Å². The number of carbonyl (C=O) groups is 1. The molecule has 2 aromatic rings. The molecule has 0 unspecified atom stereocenters. The number of anilines is 1. The molecular weight excluding hydrogens is 368 g/mol. The van der Waals surface area contributed by atoms with Crippen LogP contribution in [-0.2, 0) is 10.0 Å². The molecule has 1 amide bonds. The topological polar surface area (TPSA) is 66.5 Å². The van der Waals surface area contributed by atoms with Crippen molar-refractivity contribution in [3.05, 3.63) is 44.6 Å². The second-order valence-corrected chi connectivity index (χ2v) is 10.0. The van der Waals surface area contributed by atoms with Crippen LogP contribution in [0, 0.1) is 27.7 Å². The fourth-order valence-electron chi connectivity index (χ4n) is 3.45. The largest absolute Gasteiger partial charge is 0.321 e. The molecular formula is C19H24N2O3S2. The molecule has 0 radical (unpaired) electrons. The first kappa shape index (κ1) is 19.1. The molecule has 140 valence electrons. The third-order valence-electron chi connectivity index (χ3n) is 4.69. The summed E-state index contributed by atoms with van der Waals surface area (Å²) in [5.74, 6) is -0.268. The summed E-state index contributed by atoms with van der Waals surface area (Å²) in [7, 11) is -3.51. The van der Waals surface area contributed by atoms with Crippen LogP contribution in [0.3, 0.4) is 0 Å². The van der Waals surface area contributed by atoms with E-state index in [0.29, 0.717) is 22.8 Å². The molecule has 3 rings (SSSR count). The quantitative estimate of drug-likeness (QED) is 0.855. The zero-order chi connectivity index (χ0) is 19.1. The number of nitrogens with one attached hydrogen (secondary N) is 1. The third kappa shape index (κ3) is 3.56. The highest BCUT2D eigenvalue weighted by Gasteiger charge is 2.30. The molecule has 7 heteroatoms. The van der Waals surface area contributed by atoms with Crippen molar-refractivity contribution in [2.45, 2.75) is 45.4 Å². The predicted octanol–water partition coefficient (Wildman–Crippen LogP) is 4.02. The van der Waals surface area contributed by atoms with E-state index in [1.165, 1.54) is 21.7 Å². The van der Waals surface area contributed by atoms with Gasteiger partial charge < -0.3 is 5.32 Å². The van der Waals surface area contributed by atoms with Crippen molar-refractivity contribution in [1.29, 1.82) is 0 Å². The molecule has 1 fully saturated rings. The van der Waals surface area contributed by atoms with Crippen molar-refractivity contribution in [2.75, 3.05) is 18.4 Å². The minimum atomic E-state index is -3.51. The van der Waals surface area contributed by atoms with Crippen molar-refractivity contribution >= 4 is 33.0 Å². The number of carbonyl (C=O) groups excluding carboxylic acids is 1. The Bertz CT molecular complexity index is 932. The number of hydrogen-bond donors (Lipinski definition) is 1. The van der Waals surface area contributed by atoms with Crippen LogP contribution in [0.15, 0.2) is 23.1 Å². The van der Waals surface area contributed by atoms with Gasteiger partial charge in [-0.25, -0.2) is 8.42 Å². The Hall–Kier alpha value is -1.70. The number of hydrogen-bond acceptors (Lipinski definition) is 4. The average molecular weight is 393 g/mol. The summed E-state index contributed by atoms with van der Waals surface area (Å²) < 4.78 is 27.1. The second-order valence-electron chi connectivity index (χ2n) is 6.87. The maximum atomic E-state index is 12.8. The number of amides is 1. The van der Waals surface area contributed by atoms with E-state index in [1.54, 1.807) is 6.92 Å². The number of thiophene rings is 1. The van der Waals surface area contributed by atoms with E-state index in [2.05, 4.69) is 5.32 Å². The monoisotopic (exact) mass is 392 g/mol. The van der Waals surface area contributed by atoms with Gasteiger partial charge in [-0.15, -0.1) is 11.3 Å². The minimum absolute atomic E-state index is 0.256. The summed E-state index contributed by atoms with van der Waals surface area (Å²) in [4.78, 5) is 14.0. The van der Waals surface area contributed by atoms with E-state index >= 15 is 0 Å². The Balaban J connectivity index is 1.88. The summed E-state index contributed by atoms with van der Waals surface area (Å²) in [6.07, 6.45) is 1.78. The molecule has 1 aliphatic heterocycles. The lowest BCUT2D eigenvalue weighted by Crippen LogP contribution is -2.28. The fraction of sp³-hybridized carbons (Fsp3) is 0.421. The van der Waals surface area contributed by atoms with E-state index in [-0.39, 0.29) is 10.8 Å². The standard InChI is InChI=1S/C19H24N2O3S2/c1-12-9-13(2)18(14(3)10-12)20-19(22)16-11-17(15(4)25-16)26(23,24)21-7-5-6-8-21/h9-11H,5-8H2,1-4H3,(H,20,22). The first-order valence-electron chi connectivity index (χ1n) is 8.70. The van der Waals surface area contributed by atoms with Gasteiger partial charge in [0.1, 0.15) is 0 Å². The summed E-state index contributed by atoms with van der Waals surface area (Å²) in [6, 6.07) is 5.55. The first-order valence-corrected chi connectivity index (χ1v) is 11.0. The van der Waals surface area contributed by atoms with E-state index in [0.717, 1.165) is 35.2 Å². The minimum Gasteiger partial charge on any atom is -0.321 e. The maximum absolute atomic E-state index is 12.8. The average Bonchev–Trinajstić information content (AvgIpc) is 3.20. The van der Waals surface area contributed by atoms with E-state index in [1.807, 2.05) is 32.9 Å². The van der Waals surface area contributed by atoms with Crippen LogP contribution in [0.25, 0.3) is 0 Å². The lowest BCUT2D eigenvalue weighted by atomic mass is 10.1. The van der Waals surface area contributed by atoms with Crippen molar-refractivity contribution in [3.8, 4) is 0 Å². The van der Waals surface area contributed by atoms with Crippen LogP contribution in [0.4, 0.5) is 5.69 Å². The summed E-state index contributed by atoms with van der Waals surface area (Å²) in [5, 5.41) is 2.95. The molecule has 0 aliphatic carbocycles. The molecule has 1 aliphatic rings. The Labute approximate surface area is 159 Å². The molecule has 1 N–H and O–H groups in total. The number of sulfonamides is 1. The van der Waals surface area contributed by atoms with Gasteiger partial charge in [-0.05, 0) is 57.7 Å². The van der Waals surface area contributed by atoms with E-state index in [4.69, 9.17) is 0 Å². The summed E-state index contributed by atoms with van der Waals surface area (Å²) >= 11 is 1.22. The van der Waals surface area contributed by atoms with Crippen LogP contribution >= 0.6 is 11.3 Å². The highest BCUT2D eigenvalue weighted by atomic mass is 32.2. The molecule has 0 spiro atoms. The second kappa shape index (κ2) is 7.13. The Kier molecular flexibility index (Phi) is 5.23. The first-order chi connectivity index (χ1) is 12.2. The number of aryl methyl sites for hydroxylation is 4. The Morgan fingerprint density at radius 3 is 2.19 bits per heavy atom. The molecule has 0 bridgehead atoms. The highest BCUT2D eigenvalue weighted by Crippen LogP contribution is 2.31. The van der Waals surface area contributed by atoms with E-state index in [9.17, 15) is 13.2 Å². The smallest absolute Gasteiger partial charge is 0.265 e. The van der Waals surface area contributed by atoms with Crippen molar-refractivity contribution in [2.24, 2.45) is 0 Å². The van der Waals surface area contributed by atoms with Crippen molar-refractivity contribution in [3.63, 3.8) is 0 Å². The molecule has 1 aromatic heterocycles. The number of rotatable bonds is 4. The highest BCUT2D eigenvalue weighted by molar-refractivity contribution is 7.89. The van der Waals surface area contributed by atoms with Crippen LogP contribution in [-0.4, -0.2) is 31.7 Å². The molecule has 2 heterocycles. The van der Waals surface area contributed by atoms with Crippen LogP contribution in [0.1, 0.15) is 44.1 Å². The van der Waals surface area contributed by atoms with Gasteiger partial charge >= 0.3 is 0 Å². The summed E-state index contributed by atoms with van der Waals surface area (Å²) in [5.41, 5.74) is 3.92.